The summed E-state index contributed by atoms with van der Waals surface area (Å²) in [5, 5.41) is 9.66. The van der Waals surface area contributed by atoms with E-state index in [9.17, 15) is 4.79 Å². The van der Waals surface area contributed by atoms with Gasteiger partial charge in [-0.05, 0) is 37.1 Å². The Kier molecular flexibility index (Phi) is 5.44. The van der Waals surface area contributed by atoms with E-state index < -0.39 is 5.97 Å². The summed E-state index contributed by atoms with van der Waals surface area (Å²) in [6.07, 6.45) is 3.48. The molecule has 1 aliphatic heterocycles. The number of carboxylic acid groups (broad SMARTS) is 1. The Labute approximate surface area is 123 Å². The van der Waals surface area contributed by atoms with Crippen LogP contribution in [0.1, 0.15) is 12.8 Å². The SMILES string of the molecule is O=C(O)C1=CCCN(CCCOc2ccc(Cl)cc2)C1. The van der Waals surface area contributed by atoms with Gasteiger partial charge in [0.25, 0.3) is 0 Å². The lowest BCUT2D eigenvalue weighted by molar-refractivity contribution is -0.133. The fraction of sp³-hybridized carbons (Fsp3) is 0.400. The van der Waals surface area contributed by atoms with Crippen LogP contribution >= 0.6 is 11.6 Å². The summed E-state index contributed by atoms with van der Waals surface area (Å²) in [5.41, 5.74) is 0.495. The molecule has 0 aromatic heterocycles. The third-order valence-electron chi connectivity index (χ3n) is 3.21. The molecule has 0 saturated carbocycles. The third kappa shape index (κ3) is 4.54. The minimum absolute atomic E-state index is 0.495. The van der Waals surface area contributed by atoms with Gasteiger partial charge in [0.05, 0.1) is 6.61 Å². The largest absolute Gasteiger partial charge is 0.494 e. The molecule has 0 unspecified atom stereocenters. The molecule has 0 aliphatic carbocycles. The van der Waals surface area contributed by atoms with Gasteiger partial charge in [0.15, 0.2) is 0 Å². The van der Waals surface area contributed by atoms with Crippen molar-refractivity contribution in [3.05, 3.63) is 40.9 Å². The number of aliphatic carboxylic acids is 1. The lowest BCUT2D eigenvalue weighted by atomic mass is 10.1. The minimum Gasteiger partial charge on any atom is -0.494 e. The number of rotatable bonds is 6. The Bertz CT molecular complexity index is 484. The highest BCUT2D eigenvalue weighted by Gasteiger charge is 2.16. The fourth-order valence-corrected chi connectivity index (χ4v) is 2.29. The minimum atomic E-state index is -0.813. The van der Waals surface area contributed by atoms with Crippen molar-refractivity contribution in [1.82, 2.24) is 4.90 Å². The van der Waals surface area contributed by atoms with E-state index in [0.29, 0.717) is 23.7 Å². The molecule has 1 N–H and O–H groups in total. The highest BCUT2D eigenvalue weighted by Crippen LogP contribution is 2.16. The van der Waals surface area contributed by atoms with Crippen LogP contribution in [0.5, 0.6) is 5.75 Å². The van der Waals surface area contributed by atoms with E-state index in [2.05, 4.69) is 4.90 Å². The first-order valence-electron chi connectivity index (χ1n) is 6.68. The maximum absolute atomic E-state index is 10.9. The lowest BCUT2D eigenvalue weighted by Gasteiger charge is -2.25. The number of carbonyl (C=O) groups is 1. The van der Waals surface area contributed by atoms with Crippen molar-refractivity contribution in [2.45, 2.75) is 12.8 Å². The van der Waals surface area contributed by atoms with Crippen LogP contribution < -0.4 is 4.74 Å². The molecular formula is C15H18ClNO3. The third-order valence-corrected chi connectivity index (χ3v) is 3.46. The molecule has 0 bridgehead atoms. The number of hydrogen-bond acceptors (Lipinski definition) is 3. The fourth-order valence-electron chi connectivity index (χ4n) is 2.16. The molecule has 0 radical (unpaired) electrons. The Balaban J connectivity index is 1.67. The lowest BCUT2D eigenvalue weighted by Crippen LogP contribution is -2.33. The van der Waals surface area contributed by atoms with Crippen molar-refractivity contribution in [2.24, 2.45) is 0 Å². The van der Waals surface area contributed by atoms with E-state index in [0.717, 1.165) is 31.7 Å². The molecule has 5 heteroatoms. The predicted octanol–water partition coefficient (Wildman–Crippen LogP) is 2.83. The number of nitrogens with zero attached hydrogens (tertiary/aromatic N) is 1. The Hall–Kier alpha value is -1.52. The maximum atomic E-state index is 10.9. The summed E-state index contributed by atoms with van der Waals surface area (Å²) in [6, 6.07) is 7.28. The van der Waals surface area contributed by atoms with Gasteiger partial charge in [0.2, 0.25) is 0 Å². The molecule has 108 valence electrons. The van der Waals surface area contributed by atoms with Gasteiger partial charge in [0.1, 0.15) is 5.75 Å². The maximum Gasteiger partial charge on any atom is 0.332 e. The van der Waals surface area contributed by atoms with Gasteiger partial charge in [-0.25, -0.2) is 4.79 Å². The number of hydrogen-bond donors (Lipinski definition) is 1. The Morgan fingerprint density at radius 3 is 2.80 bits per heavy atom. The molecule has 0 fully saturated rings. The quantitative estimate of drug-likeness (QED) is 0.820. The van der Waals surface area contributed by atoms with Crippen molar-refractivity contribution in [3.8, 4) is 5.75 Å². The second kappa shape index (κ2) is 7.31. The van der Waals surface area contributed by atoms with Gasteiger partial charge in [-0.15, -0.1) is 0 Å². The number of carboxylic acids is 1. The first-order chi connectivity index (χ1) is 9.65. The van der Waals surface area contributed by atoms with Crippen LogP contribution in [0.3, 0.4) is 0 Å². The van der Waals surface area contributed by atoms with E-state index in [1.54, 1.807) is 12.1 Å². The molecule has 4 nitrogen and oxygen atoms in total. The van der Waals surface area contributed by atoms with E-state index in [1.165, 1.54) is 0 Å². The molecule has 1 aromatic carbocycles. The summed E-state index contributed by atoms with van der Waals surface area (Å²) in [4.78, 5) is 13.1. The van der Waals surface area contributed by atoms with Crippen molar-refractivity contribution < 1.29 is 14.6 Å². The highest BCUT2D eigenvalue weighted by molar-refractivity contribution is 6.30. The van der Waals surface area contributed by atoms with E-state index >= 15 is 0 Å². The smallest absolute Gasteiger partial charge is 0.332 e. The zero-order chi connectivity index (χ0) is 14.4. The van der Waals surface area contributed by atoms with E-state index in [4.69, 9.17) is 21.4 Å². The van der Waals surface area contributed by atoms with Gasteiger partial charge in [0, 0.05) is 30.2 Å². The van der Waals surface area contributed by atoms with Crippen molar-refractivity contribution in [1.29, 1.82) is 0 Å². The second-order valence-corrected chi connectivity index (χ2v) is 5.19. The van der Waals surface area contributed by atoms with Gasteiger partial charge < -0.3 is 9.84 Å². The molecule has 20 heavy (non-hydrogen) atoms. The number of ether oxygens (including phenoxy) is 1. The Morgan fingerprint density at radius 2 is 2.10 bits per heavy atom. The van der Waals surface area contributed by atoms with Crippen LogP contribution in [-0.4, -0.2) is 42.2 Å². The molecule has 1 aromatic rings. The van der Waals surface area contributed by atoms with Crippen LogP contribution in [0.4, 0.5) is 0 Å². The van der Waals surface area contributed by atoms with Gasteiger partial charge in [-0.3, -0.25) is 4.90 Å². The van der Waals surface area contributed by atoms with Crippen LogP contribution in [-0.2, 0) is 4.79 Å². The van der Waals surface area contributed by atoms with Gasteiger partial charge in [-0.1, -0.05) is 17.7 Å². The predicted molar refractivity (Wildman–Crippen MR) is 78.3 cm³/mol. The van der Waals surface area contributed by atoms with Crippen LogP contribution in [0, 0.1) is 0 Å². The normalized spacial score (nSPS) is 15.8. The number of benzene rings is 1. The molecular weight excluding hydrogens is 278 g/mol. The molecule has 1 aliphatic rings. The van der Waals surface area contributed by atoms with Crippen molar-refractivity contribution >= 4 is 17.6 Å². The van der Waals surface area contributed by atoms with Crippen molar-refractivity contribution in [2.75, 3.05) is 26.2 Å². The van der Waals surface area contributed by atoms with E-state index in [-0.39, 0.29) is 0 Å². The summed E-state index contributed by atoms with van der Waals surface area (Å²) < 4.78 is 5.61. The first kappa shape index (κ1) is 14.9. The summed E-state index contributed by atoms with van der Waals surface area (Å²) in [5.74, 6) is -0.00807. The number of halogens is 1. The molecule has 0 amide bonds. The van der Waals surface area contributed by atoms with Gasteiger partial charge >= 0.3 is 5.97 Å². The summed E-state index contributed by atoms with van der Waals surface area (Å²) in [6.45, 7) is 2.90. The molecule has 0 saturated heterocycles. The van der Waals surface area contributed by atoms with Crippen LogP contribution in [0.2, 0.25) is 5.02 Å². The van der Waals surface area contributed by atoms with Crippen LogP contribution in [0.15, 0.2) is 35.9 Å². The molecule has 0 spiro atoms. The molecule has 1 heterocycles. The average molecular weight is 296 g/mol. The first-order valence-corrected chi connectivity index (χ1v) is 7.06. The monoisotopic (exact) mass is 295 g/mol. The van der Waals surface area contributed by atoms with E-state index in [1.807, 2.05) is 18.2 Å². The average Bonchev–Trinajstić information content (AvgIpc) is 2.46. The zero-order valence-corrected chi connectivity index (χ0v) is 12.0. The topological polar surface area (TPSA) is 49.8 Å². The second-order valence-electron chi connectivity index (χ2n) is 4.76. The molecule has 0 atom stereocenters. The highest BCUT2D eigenvalue weighted by atomic mass is 35.5. The zero-order valence-electron chi connectivity index (χ0n) is 11.2. The summed E-state index contributed by atoms with van der Waals surface area (Å²) >= 11 is 5.80. The summed E-state index contributed by atoms with van der Waals surface area (Å²) in [7, 11) is 0. The van der Waals surface area contributed by atoms with Crippen LogP contribution in [0.25, 0.3) is 0 Å². The van der Waals surface area contributed by atoms with Crippen molar-refractivity contribution in [3.63, 3.8) is 0 Å². The Morgan fingerprint density at radius 1 is 1.35 bits per heavy atom. The van der Waals surface area contributed by atoms with Gasteiger partial charge in [-0.2, -0.15) is 0 Å². The molecule has 2 rings (SSSR count). The standard InChI is InChI=1S/C15H18ClNO3/c16-13-4-6-14(7-5-13)20-10-2-9-17-8-1-3-12(11-17)15(18)19/h3-7H,1-2,8-11H2,(H,18,19).